The fraction of sp³-hybridized carbons (Fsp3) is 0.368. The molecule has 0 aliphatic heterocycles. The zero-order chi connectivity index (χ0) is 16.3. The summed E-state index contributed by atoms with van der Waals surface area (Å²) >= 11 is 0. The number of allylic oxidation sites excluding steroid dienone is 3. The first-order valence-corrected chi connectivity index (χ1v) is 7.39. The zero-order valence-electron chi connectivity index (χ0n) is 13.4. The van der Waals surface area contributed by atoms with Crippen LogP contribution in [0.4, 0.5) is 0 Å². The molecule has 0 heterocycles. The summed E-state index contributed by atoms with van der Waals surface area (Å²) in [7, 11) is 1.62. The van der Waals surface area contributed by atoms with E-state index in [1.807, 2.05) is 45.0 Å². The normalized spacial score (nSPS) is 29.1. The van der Waals surface area contributed by atoms with Crippen molar-refractivity contribution < 1.29 is 14.3 Å². The third-order valence-corrected chi connectivity index (χ3v) is 5.23. The molecule has 0 amide bonds. The van der Waals surface area contributed by atoms with Gasteiger partial charge in [-0.2, -0.15) is 0 Å². The second-order valence-corrected chi connectivity index (χ2v) is 6.89. The van der Waals surface area contributed by atoms with Gasteiger partial charge in [0.15, 0.2) is 11.6 Å². The molecule has 0 saturated carbocycles. The summed E-state index contributed by atoms with van der Waals surface area (Å²) in [5.74, 6) is 0.249. The van der Waals surface area contributed by atoms with E-state index >= 15 is 0 Å². The van der Waals surface area contributed by atoms with Crippen molar-refractivity contribution in [3.63, 3.8) is 0 Å². The molecule has 0 fully saturated rings. The summed E-state index contributed by atoms with van der Waals surface area (Å²) in [6.45, 7) is 9.69. The lowest BCUT2D eigenvalue weighted by molar-refractivity contribution is -0.135. The van der Waals surface area contributed by atoms with Gasteiger partial charge in [0, 0.05) is 22.3 Å². The topological polar surface area (TPSA) is 43.4 Å². The number of carbonyl (C=O) groups excluding carboxylic acids is 2. The van der Waals surface area contributed by atoms with Crippen molar-refractivity contribution in [1.29, 1.82) is 0 Å². The van der Waals surface area contributed by atoms with Gasteiger partial charge in [-0.15, -0.1) is 0 Å². The predicted octanol–water partition coefficient (Wildman–Crippen LogP) is 3.33. The fourth-order valence-electron chi connectivity index (χ4n) is 3.96. The summed E-state index contributed by atoms with van der Waals surface area (Å²) in [5.41, 5.74) is 1.05. The van der Waals surface area contributed by atoms with Crippen LogP contribution >= 0.6 is 0 Å². The molecule has 1 aromatic carbocycles. The largest absolute Gasteiger partial charge is 0.497 e. The maximum atomic E-state index is 12.9. The first-order chi connectivity index (χ1) is 10.2. The number of rotatable bonds is 1. The van der Waals surface area contributed by atoms with E-state index < -0.39 is 16.7 Å². The SMILES string of the molecule is C=C1C(=O)[C@@H]2C(C)(C)C(=O)C=C[C@@]2(C)c2cc(OC)ccc21. The molecule has 0 aromatic heterocycles. The Labute approximate surface area is 130 Å². The fourth-order valence-corrected chi connectivity index (χ4v) is 3.96. The molecule has 114 valence electrons. The highest BCUT2D eigenvalue weighted by Gasteiger charge is 2.56. The zero-order valence-corrected chi connectivity index (χ0v) is 13.4. The van der Waals surface area contributed by atoms with Crippen LogP contribution in [0.2, 0.25) is 0 Å². The molecule has 0 radical (unpaired) electrons. The van der Waals surface area contributed by atoms with Gasteiger partial charge in [0.25, 0.3) is 0 Å². The minimum Gasteiger partial charge on any atom is -0.497 e. The molecular weight excluding hydrogens is 276 g/mol. The maximum absolute atomic E-state index is 12.9. The van der Waals surface area contributed by atoms with Gasteiger partial charge < -0.3 is 4.74 Å². The highest BCUT2D eigenvalue weighted by molar-refractivity contribution is 6.25. The molecule has 2 aliphatic rings. The predicted molar refractivity (Wildman–Crippen MR) is 85.8 cm³/mol. The van der Waals surface area contributed by atoms with E-state index in [2.05, 4.69) is 6.58 Å². The van der Waals surface area contributed by atoms with Gasteiger partial charge in [0.2, 0.25) is 0 Å². The Morgan fingerprint density at radius 1 is 1.18 bits per heavy atom. The Hall–Kier alpha value is -2.16. The molecule has 22 heavy (non-hydrogen) atoms. The minimum absolute atomic E-state index is 0.0116. The monoisotopic (exact) mass is 296 g/mol. The third-order valence-electron chi connectivity index (χ3n) is 5.23. The van der Waals surface area contributed by atoms with E-state index in [-0.39, 0.29) is 11.6 Å². The quantitative estimate of drug-likeness (QED) is 0.747. The van der Waals surface area contributed by atoms with Gasteiger partial charge in [-0.25, -0.2) is 0 Å². The van der Waals surface area contributed by atoms with E-state index in [4.69, 9.17) is 4.74 Å². The number of Topliss-reactive ketones (excluding diaryl/α,β-unsaturated/α-hetero) is 1. The lowest BCUT2D eigenvalue weighted by atomic mass is 9.51. The average molecular weight is 296 g/mol. The second-order valence-electron chi connectivity index (χ2n) is 6.89. The number of methoxy groups -OCH3 is 1. The summed E-state index contributed by atoms with van der Waals surface area (Å²) in [6.07, 6.45) is 3.48. The van der Waals surface area contributed by atoms with E-state index in [1.54, 1.807) is 13.2 Å². The molecule has 1 aromatic rings. The third kappa shape index (κ3) is 1.68. The van der Waals surface area contributed by atoms with Crippen molar-refractivity contribution >= 4 is 17.1 Å². The van der Waals surface area contributed by atoms with Gasteiger partial charge in [-0.3, -0.25) is 9.59 Å². The number of hydrogen-bond donors (Lipinski definition) is 0. The molecule has 0 unspecified atom stereocenters. The highest BCUT2D eigenvalue weighted by Crippen LogP contribution is 2.54. The van der Waals surface area contributed by atoms with Crippen molar-refractivity contribution in [2.45, 2.75) is 26.2 Å². The van der Waals surface area contributed by atoms with Crippen LogP contribution in [0, 0.1) is 11.3 Å². The average Bonchev–Trinajstić information content (AvgIpc) is 2.48. The highest BCUT2D eigenvalue weighted by atomic mass is 16.5. The number of carbonyl (C=O) groups is 2. The van der Waals surface area contributed by atoms with E-state index in [1.165, 1.54) is 0 Å². The first kappa shape index (κ1) is 14.8. The van der Waals surface area contributed by atoms with Crippen molar-refractivity contribution in [3.8, 4) is 5.75 Å². The number of ether oxygens (including phenoxy) is 1. The minimum atomic E-state index is -0.746. The lowest BCUT2D eigenvalue weighted by Crippen LogP contribution is -2.53. The van der Waals surface area contributed by atoms with Crippen LogP contribution in [0.5, 0.6) is 5.75 Å². The van der Waals surface area contributed by atoms with Gasteiger partial charge in [-0.05, 0) is 29.3 Å². The van der Waals surface area contributed by atoms with Gasteiger partial charge in [0.05, 0.1) is 7.11 Å². The second kappa shape index (κ2) is 4.42. The summed E-state index contributed by atoms with van der Waals surface area (Å²) < 4.78 is 5.33. The summed E-state index contributed by atoms with van der Waals surface area (Å²) in [6, 6.07) is 5.67. The Kier molecular flexibility index (Phi) is 2.96. The van der Waals surface area contributed by atoms with Crippen LogP contribution in [0.15, 0.2) is 36.9 Å². The smallest absolute Gasteiger partial charge is 0.168 e. The number of hydrogen-bond acceptors (Lipinski definition) is 3. The van der Waals surface area contributed by atoms with E-state index in [0.29, 0.717) is 5.57 Å². The van der Waals surface area contributed by atoms with E-state index in [9.17, 15) is 9.59 Å². The maximum Gasteiger partial charge on any atom is 0.168 e. The van der Waals surface area contributed by atoms with Crippen LogP contribution in [-0.4, -0.2) is 18.7 Å². The molecular formula is C19H20O3. The lowest BCUT2D eigenvalue weighted by Gasteiger charge is -2.49. The Bertz CT molecular complexity index is 739. The Balaban J connectivity index is 2.34. The Morgan fingerprint density at radius 3 is 2.50 bits per heavy atom. The molecule has 0 saturated heterocycles. The molecule has 2 aliphatic carbocycles. The molecule has 0 spiro atoms. The Morgan fingerprint density at radius 2 is 1.86 bits per heavy atom. The molecule has 3 nitrogen and oxygen atoms in total. The van der Waals surface area contributed by atoms with Crippen molar-refractivity contribution in [1.82, 2.24) is 0 Å². The first-order valence-electron chi connectivity index (χ1n) is 7.39. The summed E-state index contributed by atoms with van der Waals surface area (Å²) in [5, 5.41) is 0. The molecule has 2 atom stereocenters. The number of benzene rings is 1. The van der Waals surface area contributed by atoms with Crippen LogP contribution in [0.1, 0.15) is 31.9 Å². The van der Waals surface area contributed by atoms with Crippen molar-refractivity contribution in [3.05, 3.63) is 48.1 Å². The molecule has 0 N–H and O–H groups in total. The molecule has 0 bridgehead atoms. The van der Waals surface area contributed by atoms with Gasteiger partial charge in [-0.1, -0.05) is 39.5 Å². The van der Waals surface area contributed by atoms with Crippen molar-refractivity contribution in [2.24, 2.45) is 11.3 Å². The van der Waals surface area contributed by atoms with Crippen LogP contribution in [-0.2, 0) is 15.0 Å². The summed E-state index contributed by atoms with van der Waals surface area (Å²) in [4.78, 5) is 25.2. The van der Waals surface area contributed by atoms with Gasteiger partial charge in [0.1, 0.15) is 5.75 Å². The van der Waals surface area contributed by atoms with Crippen LogP contribution in [0.3, 0.4) is 0 Å². The van der Waals surface area contributed by atoms with Crippen LogP contribution in [0.25, 0.3) is 5.57 Å². The number of ketones is 2. The molecule has 3 heteroatoms. The van der Waals surface area contributed by atoms with Crippen molar-refractivity contribution in [2.75, 3.05) is 7.11 Å². The molecule has 3 rings (SSSR count). The number of fused-ring (bicyclic) bond motifs is 3. The van der Waals surface area contributed by atoms with E-state index in [0.717, 1.165) is 16.9 Å². The standard InChI is InChI=1S/C19H20O3/c1-11-13-7-6-12(22-5)10-14(13)19(4)9-8-15(20)18(2,3)17(19)16(11)21/h6-10,17H,1H2,2-5H3/t17-,19+/m1/s1. The van der Waals surface area contributed by atoms with Crippen LogP contribution < -0.4 is 4.74 Å². The van der Waals surface area contributed by atoms with Gasteiger partial charge >= 0.3 is 0 Å².